The molecule has 6 heteroatoms. The van der Waals surface area contributed by atoms with Gasteiger partial charge in [-0.1, -0.05) is 60.1 Å². The number of ketones is 1. The average Bonchev–Trinajstić information content (AvgIpc) is 3.18. The summed E-state index contributed by atoms with van der Waals surface area (Å²) in [5.74, 6) is -1.29. The highest BCUT2D eigenvalue weighted by atomic mass is 35.5. The minimum absolute atomic E-state index is 0.361. The average molecular weight is 440 g/mol. The molecule has 0 aliphatic carbocycles. The van der Waals surface area contributed by atoms with Crippen molar-refractivity contribution in [3.05, 3.63) is 107 Å². The van der Waals surface area contributed by atoms with Crippen LogP contribution in [-0.4, -0.2) is 21.2 Å². The number of carbonyl (C=O) groups is 2. The maximum atomic E-state index is 13.1. The normalized spacial score (nSPS) is 11.0. The second-order valence-electron chi connectivity index (χ2n) is 7.48. The van der Waals surface area contributed by atoms with Gasteiger partial charge in [0.15, 0.2) is 0 Å². The molecule has 0 aliphatic rings. The van der Waals surface area contributed by atoms with Gasteiger partial charge in [0.25, 0.3) is 11.7 Å². The van der Waals surface area contributed by atoms with E-state index in [-0.39, 0.29) is 0 Å². The van der Waals surface area contributed by atoms with Crippen LogP contribution in [0, 0.1) is 0 Å². The number of nitrogens with one attached hydrogen (secondary N) is 1. The molecule has 0 saturated heterocycles. The summed E-state index contributed by atoms with van der Waals surface area (Å²) in [5, 5.41) is 5.03. The van der Waals surface area contributed by atoms with E-state index in [2.05, 4.69) is 10.3 Å². The third-order valence-corrected chi connectivity index (χ3v) is 5.64. The second-order valence-corrected chi connectivity index (χ2v) is 7.91. The SMILES string of the molecule is O=C(Nc1cccc2cccnc12)C(=O)c1cn(Cc2ccc(Cl)cc2)c2ccccc12. The van der Waals surface area contributed by atoms with Gasteiger partial charge in [-0.15, -0.1) is 0 Å². The number of hydrogen-bond acceptors (Lipinski definition) is 3. The maximum Gasteiger partial charge on any atom is 0.296 e. The molecule has 5 aromatic rings. The molecule has 5 rings (SSSR count). The second kappa shape index (κ2) is 8.29. The van der Waals surface area contributed by atoms with Crippen molar-refractivity contribution in [2.24, 2.45) is 0 Å². The molecule has 1 amide bonds. The van der Waals surface area contributed by atoms with Gasteiger partial charge in [-0.05, 0) is 35.9 Å². The fourth-order valence-electron chi connectivity index (χ4n) is 3.85. The maximum absolute atomic E-state index is 13.1. The lowest BCUT2D eigenvalue weighted by molar-refractivity contribution is -0.112. The lowest BCUT2D eigenvalue weighted by Gasteiger charge is -2.07. The van der Waals surface area contributed by atoms with Gasteiger partial charge in [-0.25, -0.2) is 0 Å². The van der Waals surface area contributed by atoms with E-state index in [0.717, 1.165) is 21.9 Å². The number of carbonyl (C=O) groups excluding carboxylic acids is 2. The molecule has 0 radical (unpaired) electrons. The van der Waals surface area contributed by atoms with Crippen LogP contribution in [0.2, 0.25) is 5.02 Å². The molecule has 1 N–H and O–H groups in total. The van der Waals surface area contributed by atoms with Crippen LogP contribution in [0.3, 0.4) is 0 Å². The van der Waals surface area contributed by atoms with Gasteiger partial charge in [0.05, 0.1) is 16.8 Å². The predicted octanol–water partition coefficient (Wildman–Crippen LogP) is 5.71. The number of benzene rings is 3. The topological polar surface area (TPSA) is 64.0 Å². The summed E-state index contributed by atoms with van der Waals surface area (Å²) < 4.78 is 1.97. The van der Waals surface area contributed by atoms with Crippen molar-refractivity contribution in [3.8, 4) is 0 Å². The third-order valence-electron chi connectivity index (χ3n) is 5.39. The standard InChI is InChI=1S/C26H18ClN3O2/c27-19-12-10-17(11-13-19)15-30-16-21(20-7-1-2-9-23(20)30)25(31)26(32)29-22-8-3-5-18-6-4-14-28-24(18)22/h1-14,16H,15H2,(H,29,32). The van der Waals surface area contributed by atoms with E-state index in [9.17, 15) is 9.59 Å². The monoisotopic (exact) mass is 439 g/mol. The van der Waals surface area contributed by atoms with Crippen molar-refractivity contribution < 1.29 is 9.59 Å². The molecule has 156 valence electrons. The van der Waals surface area contributed by atoms with E-state index in [1.54, 1.807) is 18.5 Å². The zero-order valence-corrected chi connectivity index (χ0v) is 17.7. The van der Waals surface area contributed by atoms with Crippen molar-refractivity contribution in [2.75, 3.05) is 5.32 Å². The Kier molecular flexibility index (Phi) is 5.17. The Morgan fingerprint density at radius 3 is 2.53 bits per heavy atom. The van der Waals surface area contributed by atoms with Crippen LogP contribution in [0.5, 0.6) is 0 Å². The van der Waals surface area contributed by atoms with Gasteiger partial charge in [0.1, 0.15) is 0 Å². The number of nitrogens with zero attached hydrogens (tertiary/aromatic N) is 2. The van der Waals surface area contributed by atoms with Gasteiger partial charge in [-0.3, -0.25) is 14.6 Å². The first-order valence-corrected chi connectivity index (χ1v) is 10.5. The van der Waals surface area contributed by atoms with Gasteiger partial charge < -0.3 is 9.88 Å². The van der Waals surface area contributed by atoms with Crippen LogP contribution in [0.1, 0.15) is 15.9 Å². The van der Waals surface area contributed by atoms with Crippen LogP contribution in [0.4, 0.5) is 5.69 Å². The first-order valence-electron chi connectivity index (χ1n) is 10.1. The van der Waals surface area contributed by atoms with Crippen LogP contribution < -0.4 is 5.32 Å². The third kappa shape index (κ3) is 3.74. The Labute approximate surface area is 189 Å². The zero-order chi connectivity index (χ0) is 22.1. The summed E-state index contributed by atoms with van der Waals surface area (Å²) in [7, 11) is 0. The molecule has 2 heterocycles. The summed E-state index contributed by atoms with van der Waals surface area (Å²) in [6, 6.07) is 24.3. The number of para-hydroxylation sites is 2. The summed E-state index contributed by atoms with van der Waals surface area (Å²) in [6.45, 7) is 0.555. The summed E-state index contributed by atoms with van der Waals surface area (Å²) >= 11 is 5.99. The van der Waals surface area contributed by atoms with Crippen LogP contribution in [0.25, 0.3) is 21.8 Å². The number of fused-ring (bicyclic) bond motifs is 2. The first kappa shape index (κ1) is 20.0. The van der Waals surface area contributed by atoms with Gasteiger partial charge in [0.2, 0.25) is 0 Å². The fourth-order valence-corrected chi connectivity index (χ4v) is 3.98. The molecular weight excluding hydrogens is 422 g/mol. The molecular formula is C26H18ClN3O2. The number of rotatable bonds is 5. The Hall–Kier alpha value is -3.96. The van der Waals surface area contributed by atoms with Crippen molar-refractivity contribution in [3.63, 3.8) is 0 Å². The molecule has 0 fully saturated rings. The van der Waals surface area contributed by atoms with E-state index < -0.39 is 11.7 Å². The molecule has 0 spiro atoms. The highest BCUT2D eigenvalue weighted by Gasteiger charge is 2.22. The fraction of sp³-hybridized carbons (Fsp3) is 0.0385. The minimum atomic E-state index is -0.697. The van der Waals surface area contributed by atoms with Crippen molar-refractivity contribution >= 4 is 50.8 Å². The van der Waals surface area contributed by atoms with Crippen LogP contribution in [-0.2, 0) is 11.3 Å². The lowest BCUT2D eigenvalue weighted by Crippen LogP contribution is -2.23. The lowest BCUT2D eigenvalue weighted by atomic mass is 10.1. The van der Waals surface area contributed by atoms with E-state index in [0.29, 0.717) is 28.3 Å². The van der Waals surface area contributed by atoms with Gasteiger partial charge in [0, 0.05) is 40.3 Å². The predicted molar refractivity (Wildman–Crippen MR) is 127 cm³/mol. The van der Waals surface area contributed by atoms with Crippen molar-refractivity contribution in [1.29, 1.82) is 0 Å². The molecule has 0 bridgehead atoms. The molecule has 0 aliphatic heterocycles. The molecule has 5 nitrogen and oxygen atoms in total. The largest absolute Gasteiger partial charge is 0.342 e. The minimum Gasteiger partial charge on any atom is -0.342 e. The highest BCUT2D eigenvalue weighted by Crippen LogP contribution is 2.25. The number of pyridine rings is 1. The Morgan fingerprint density at radius 2 is 1.69 bits per heavy atom. The zero-order valence-electron chi connectivity index (χ0n) is 17.0. The van der Waals surface area contributed by atoms with E-state index >= 15 is 0 Å². The molecule has 2 aromatic heterocycles. The number of hydrogen-bond donors (Lipinski definition) is 1. The number of amides is 1. The van der Waals surface area contributed by atoms with E-state index in [4.69, 9.17) is 11.6 Å². The van der Waals surface area contributed by atoms with Crippen LogP contribution in [0.15, 0.2) is 91.3 Å². The molecule has 0 unspecified atom stereocenters. The number of halogens is 1. The number of aromatic nitrogens is 2. The highest BCUT2D eigenvalue weighted by molar-refractivity contribution is 6.48. The molecule has 0 saturated carbocycles. The van der Waals surface area contributed by atoms with Gasteiger partial charge in [-0.2, -0.15) is 0 Å². The van der Waals surface area contributed by atoms with Crippen LogP contribution >= 0.6 is 11.6 Å². The number of anilines is 1. The quantitative estimate of drug-likeness (QED) is 0.281. The summed E-state index contributed by atoms with van der Waals surface area (Å²) in [5.41, 5.74) is 3.43. The number of Topliss-reactive ketones (excluding diaryl/α,β-unsaturated/α-hetero) is 1. The Balaban J connectivity index is 1.48. The molecule has 3 aromatic carbocycles. The first-order chi connectivity index (χ1) is 15.6. The Morgan fingerprint density at radius 1 is 0.906 bits per heavy atom. The van der Waals surface area contributed by atoms with Crippen molar-refractivity contribution in [2.45, 2.75) is 6.54 Å². The Bertz CT molecular complexity index is 1470. The summed E-state index contributed by atoms with van der Waals surface area (Å²) in [4.78, 5) is 30.4. The van der Waals surface area contributed by atoms with Gasteiger partial charge >= 0.3 is 0 Å². The van der Waals surface area contributed by atoms with E-state index in [1.165, 1.54) is 0 Å². The molecule has 32 heavy (non-hydrogen) atoms. The smallest absolute Gasteiger partial charge is 0.296 e. The molecule has 0 atom stereocenters. The summed E-state index contributed by atoms with van der Waals surface area (Å²) in [6.07, 6.45) is 3.40. The van der Waals surface area contributed by atoms with Crippen molar-refractivity contribution in [1.82, 2.24) is 9.55 Å². The van der Waals surface area contributed by atoms with E-state index in [1.807, 2.05) is 77.4 Å².